The van der Waals surface area contributed by atoms with Crippen LogP contribution in [-0.4, -0.2) is 79.3 Å². The molecule has 8 nitrogen and oxygen atoms in total. The molecule has 5 rings (SSSR count). The van der Waals surface area contributed by atoms with Crippen LogP contribution in [0.1, 0.15) is 30.6 Å². The van der Waals surface area contributed by atoms with Gasteiger partial charge in [0.1, 0.15) is 0 Å². The van der Waals surface area contributed by atoms with Gasteiger partial charge in [-0.1, -0.05) is 34.2 Å². The maximum Gasteiger partial charge on any atom is 0.410 e. The van der Waals surface area contributed by atoms with Gasteiger partial charge in [-0.15, -0.1) is 0 Å². The quantitative estimate of drug-likeness (QED) is 0.562. The fourth-order valence-electron chi connectivity index (χ4n) is 5.44. The molecule has 2 aromatic rings. The van der Waals surface area contributed by atoms with Crippen LogP contribution >= 0.6 is 15.9 Å². The summed E-state index contributed by atoms with van der Waals surface area (Å²) in [5, 5.41) is 4.22. The van der Waals surface area contributed by atoms with E-state index in [2.05, 4.69) is 49.3 Å². The highest BCUT2D eigenvalue weighted by Gasteiger charge is 2.38. The van der Waals surface area contributed by atoms with E-state index < -0.39 is 0 Å². The summed E-state index contributed by atoms with van der Waals surface area (Å²) in [6.45, 7) is 7.52. The van der Waals surface area contributed by atoms with E-state index in [0.29, 0.717) is 31.7 Å². The summed E-state index contributed by atoms with van der Waals surface area (Å²) < 4.78 is 11.8. The highest BCUT2D eigenvalue weighted by Crippen LogP contribution is 2.42. The fourth-order valence-corrected chi connectivity index (χ4v) is 5.80. The van der Waals surface area contributed by atoms with Crippen LogP contribution in [-0.2, 0) is 20.7 Å². The molecule has 192 valence electrons. The summed E-state index contributed by atoms with van der Waals surface area (Å²) >= 11 is 3.59. The molecular formula is C27H33BrN4O4. The zero-order valence-electron chi connectivity index (χ0n) is 20.6. The standard InChI is InChI=1S/C27H33BrN4O4/c1-2-36-27(34)32-11-9-21-22-17-20(28)7-8-23(22)30-24(21)25(32)18-3-5-19(6-4-18)26(33)29-10-12-31-13-15-35-16-14-31/h3,5-8,17-18,25,30H,2,4,9-16H2,1H3,(H,29,33). The Labute approximate surface area is 219 Å². The zero-order chi connectivity index (χ0) is 25.1. The van der Waals surface area contributed by atoms with E-state index in [1.54, 1.807) is 0 Å². The number of H-pyrrole nitrogens is 1. The number of ether oxygens (including phenoxy) is 2. The Morgan fingerprint density at radius 1 is 1.25 bits per heavy atom. The fraction of sp³-hybridized carbons (Fsp3) is 0.481. The molecule has 1 saturated heterocycles. The van der Waals surface area contributed by atoms with Crippen molar-refractivity contribution in [2.24, 2.45) is 5.92 Å². The molecule has 3 heterocycles. The van der Waals surface area contributed by atoms with E-state index in [1.807, 2.05) is 30.0 Å². The third kappa shape index (κ3) is 5.23. The first-order chi connectivity index (χ1) is 17.5. The molecule has 1 aromatic carbocycles. The number of allylic oxidation sites excluding steroid dienone is 1. The minimum absolute atomic E-state index is 0.0369. The molecule has 0 saturated carbocycles. The second kappa shape index (κ2) is 11.2. The number of nitrogens with zero attached hydrogens (tertiary/aromatic N) is 2. The number of aromatic amines is 1. The Bertz CT molecular complexity index is 1180. The van der Waals surface area contributed by atoms with Crippen LogP contribution in [0.4, 0.5) is 4.79 Å². The van der Waals surface area contributed by atoms with Gasteiger partial charge in [0, 0.05) is 65.3 Å². The van der Waals surface area contributed by atoms with Crippen LogP contribution < -0.4 is 5.32 Å². The smallest absolute Gasteiger partial charge is 0.410 e. The molecule has 1 fully saturated rings. The van der Waals surface area contributed by atoms with Crippen molar-refractivity contribution in [1.82, 2.24) is 20.1 Å². The van der Waals surface area contributed by atoms with Gasteiger partial charge in [-0.05, 0) is 43.5 Å². The average Bonchev–Trinajstić information content (AvgIpc) is 3.26. The normalized spacial score (nSPS) is 22.3. The number of morpholine rings is 1. The first-order valence-corrected chi connectivity index (χ1v) is 13.5. The Morgan fingerprint density at radius 2 is 2.08 bits per heavy atom. The van der Waals surface area contributed by atoms with E-state index in [-0.39, 0.29) is 24.0 Å². The first-order valence-electron chi connectivity index (χ1n) is 12.7. The van der Waals surface area contributed by atoms with Gasteiger partial charge in [0.2, 0.25) is 0 Å². The van der Waals surface area contributed by atoms with Crippen LogP contribution in [0.5, 0.6) is 0 Å². The second-order valence-electron chi connectivity index (χ2n) is 9.42. The van der Waals surface area contributed by atoms with Crippen LogP contribution in [0.3, 0.4) is 0 Å². The Balaban J connectivity index is 1.31. The lowest BCUT2D eigenvalue weighted by molar-refractivity contribution is -0.117. The summed E-state index contributed by atoms with van der Waals surface area (Å²) in [5.74, 6) is -0.0186. The van der Waals surface area contributed by atoms with Crippen molar-refractivity contribution in [1.29, 1.82) is 0 Å². The van der Waals surface area contributed by atoms with Crippen molar-refractivity contribution in [3.8, 4) is 0 Å². The van der Waals surface area contributed by atoms with E-state index in [9.17, 15) is 9.59 Å². The lowest BCUT2D eigenvalue weighted by Crippen LogP contribution is -2.43. The molecule has 36 heavy (non-hydrogen) atoms. The minimum Gasteiger partial charge on any atom is -0.450 e. The summed E-state index contributed by atoms with van der Waals surface area (Å²) in [7, 11) is 0. The predicted molar refractivity (Wildman–Crippen MR) is 142 cm³/mol. The highest BCUT2D eigenvalue weighted by molar-refractivity contribution is 9.10. The Morgan fingerprint density at radius 3 is 2.83 bits per heavy atom. The maximum atomic E-state index is 12.9. The zero-order valence-corrected chi connectivity index (χ0v) is 22.2. The number of carbonyl (C=O) groups excluding carboxylic acids is 2. The Hall–Kier alpha value is -2.62. The highest BCUT2D eigenvalue weighted by atomic mass is 79.9. The average molecular weight is 557 g/mol. The number of hydrogen-bond donors (Lipinski definition) is 2. The molecule has 3 aliphatic rings. The number of hydrogen-bond acceptors (Lipinski definition) is 5. The van der Waals surface area contributed by atoms with Crippen molar-refractivity contribution < 1.29 is 19.1 Å². The van der Waals surface area contributed by atoms with Gasteiger partial charge in [-0.25, -0.2) is 4.79 Å². The molecule has 9 heteroatoms. The monoisotopic (exact) mass is 556 g/mol. The van der Waals surface area contributed by atoms with E-state index in [1.165, 1.54) is 10.9 Å². The van der Waals surface area contributed by atoms with Crippen LogP contribution in [0, 0.1) is 5.92 Å². The molecule has 0 radical (unpaired) electrons. The number of amides is 2. The summed E-state index contributed by atoms with van der Waals surface area (Å²) in [4.78, 5) is 33.4. The molecule has 2 aliphatic heterocycles. The van der Waals surface area contributed by atoms with Crippen LogP contribution in [0.2, 0.25) is 0 Å². The number of nitrogens with one attached hydrogen (secondary N) is 2. The van der Waals surface area contributed by atoms with Gasteiger partial charge >= 0.3 is 6.09 Å². The lowest BCUT2D eigenvalue weighted by Gasteiger charge is -2.39. The first kappa shape index (κ1) is 25.0. The number of carbonyl (C=O) groups is 2. The summed E-state index contributed by atoms with van der Waals surface area (Å²) in [5.41, 5.74) is 4.05. The van der Waals surface area contributed by atoms with E-state index in [0.717, 1.165) is 55.0 Å². The van der Waals surface area contributed by atoms with Crippen molar-refractivity contribution in [2.75, 3.05) is 52.5 Å². The van der Waals surface area contributed by atoms with Crippen molar-refractivity contribution in [3.63, 3.8) is 0 Å². The van der Waals surface area contributed by atoms with Gasteiger partial charge in [0.05, 0.1) is 25.9 Å². The molecule has 2 unspecified atom stereocenters. The molecule has 2 atom stereocenters. The summed E-state index contributed by atoms with van der Waals surface area (Å²) in [6.07, 6.45) is 7.11. The van der Waals surface area contributed by atoms with Crippen molar-refractivity contribution >= 4 is 38.8 Å². The maximum absolute atomic E-state index is 12.9. The Kier molecular flexibility index (Phi) is 7.79. The van der Waals surface area contributed by atoms with Gasteiger partial charge in [0.15, 0.2) is 0 Å². The number of halogens is 1. The molecule has 2 amide bonds. The van der Waals surface area contributed by atoms with E-state index >= 15 is 0 Å². The molecule has 2 N–H and O–H groups in total. The summed E-state index contributed by atoms with van der Waals surface area (Å²) in [6, 6.07) is 6.05. The predicted octanol–water partition coefficient (Wildman–Crippen LogP) is 3.94. The molecule has 1 aliphatic carbocycles. The largest absolute Gasteiger partial charge is 0.450 e. The van der Waals surface area contributed by atoms with Gasteiger partial charge in [-0.2, -0.15) is 0 Å². The number of fused-ring (bicyclic) bond motifs is 3. The third-order valence-corrected chi connectivity index (χ3v) is 7.75. The molecule has 0 bridgehead atoms. The number of benzene rings is 1. The lowest BCUT2D eigenvalue weighted by atomic mass is 9.83. The van der Waals surface area contributed by atoms with E-state index in [4.69, 9.17) is 9.47 Å². The van der Waals surface area contributed by atoms with Crippen LogP contribution in [0.25, 0.3) is 10.9 Å². The second-order valence-corrected chi connectivity index (χ2v) is 10.3. The van der Waals surface area contributed by atoms with Crippen molar-refractivity contribution in [3.05, 3.63) is 57.7 Å². The molecule has 0 spiro atoms. The van der Waals surface area contributed by atoms with Gasteiger partial charge in [-0.3, -0.25) is 14.6 Å². The SMILES string of the molecule is CCOC(=O)N1CCc2c([nH]c3ccc(Br)cc23)C1C1C=CC(C(=O)NCCN2CCOCC2)=CC1. The number of rotatable bonds is 6. The van der Waals surface area contributed by atoms with Gasteiger partial charge < -0.3 is 19.8 Å². The van der Waals surface area contributed by atoms with Crippen LogP contribution in [0.15, 0.2) is 46.5 Å². The minimum atomic E-state index is -0.294. The number of aromatic nitrogens is 1. The third-order valence-electron chi connectivity index (χ3n) is 7.26. The topological polar surface area (TPSA) is 86.9 Å². The van der Waals surface area contributed by atoms with Gasteiger partial charge in [0.25, 0.3) is 5.91 Å². The molecular weight excluding hydrogens is 524 g/mol. The molecule has 1 aromatic heterocycles. The van der Waals surface area contributed by atoms with Crippen molar-refractivity contribution in [2.45, 2.75) is 25.8 Å².